The molecule has 0 saturated carbocycles. The van der Waals surface area contributed by atoms with Crippen molar-refractivity contribution < 1.29 is 10.2 Å². The number of benzene rings is 4. The second kappa shape index (κ2) is 40.3. The molecule has 4 aromatic carbocycles. The fourth-order valence-corrected chi connectivity index (χ4v) is 14.3. The second-order valence-electron chi connectivity index (χ2n) is 26.4. The van der Waals surface area contributed by atoms with Crippen molar-refractivity contribution in [3.8, 4) is 89.5 Å². The summed E-state index contributed by atoms with van der Waals surface area (Å²) in [4.78, 5) is 30.2. The Morgan fingerprint density at radius 3 is 0.891 bits per heavy atom. The summed E-state index contributed by atoms with van der Waals surface area (Å²) in [7, 11) is 4.17. The number of H-pyrrole nitrogens is 4. The van der Waals surface area contributed by atoms with Gasteiger partial charge in [0, 0.05) is 202 Å². The van der Waals surface area contributed by atoms with Gasteiger partial charge in [-0.25, -0.2) is 0 Å². The van der Waals surface area contributed by atoms with Gasteiger partial charge in [0.2, 0.25) is 0 Å². The summed E-state index contributed by atoms with van der Waals surface area (Å²) in [6.45, 7) is 11.6. The number of piperazine rings is 4. The lowest BCUT2D eigenvalue weighted by molar-refractivity contribution is 0.135. The first-order valence-corrected chi connectivity index (χ1v) is 36.9. The summed E-state index contributed by atoms with van der Waals surface area (Å²) in [6.07, 6.45) is 14.4. The molecule has 0 radical (unpaired) electrons. The summed E-state index contributed by atoms with van der Waals surface area (Å²) < 4.78 is 0. The maximum Gasteiger partial charge on any atom is 0.159 e. The molecule has 4 atom stereocenters. The van der Waals surface area contributed by atoms with Crippen molar-refractivity contribution in [2.75, 3.05) is 139 Å². The van der Waals surface area contributed by atoms with Crippen molar-refractivity contribution in [3.05, 3.63) is 215 Å². The molecule has 24 nitrogen and oxygen atoms in total. The molecule has 580 valence electrons. The predicted octanol–water partition coefficient (Wildman–Crippen LogP) is 13.4. The third kappa shape index (κ3) is 19.9. The molecule has 4 aliphatic heterocycles. The van der Waals surface area contributed by atoms with E-state index in [1.165, 1.54) is 0 Å². The first kappa shape index (κ1) is 84.4. The Morgan fingerprint density at radius 1 is 0.336 bits per heavy atom. The molecule has 0 amide bonds. The average molecular weight is 1570 g/mol. The van der Waals surface area contributed by atoms with Gasteiger partial charge < -0.3 is 51.9 Å². The van der Waals surface area contributed by atoms with Crippen LogP contribution in [-0.4, -0.2) is 224 Å². The van der Waals surface area contributed by atoms with Crippen LogP contribution in [0.2, 0.25) is 20.1 Å². The van der Waals surface area contributed by atoms with Gasteiger partial charge in [-0.15, -0.1) is 0 Å². The van der Waals surface area contributed by atoms with Crippen molar-refractivity contribution in [2.45, 2.75) is 53.9 Å². The Bertz CT molecular complexity index is 4420. The minimum Gasteiger partial charge on any atom is -0.395 e. The van der Waals surface area contributed by atoms with Crippen LogP contribution >= 0.6 is 46.4 Å². The van der Waals surface area contributed by atoms with E-state index in [2.05, 4.69) is 103 Å². The van der Waals surface area contributed by atoms with E-state index in [-0.39, 0.29) is 61.0 Å². The minimum atomic E-state index is 0. The fourth-order valence-electron chi connectivity index (χ4n) is 13.8. The molecule has 4 fully saturated rings. The second-order valence-corrected chi connectivity index (χ2v) is 28.1. The molecule has 12 aromatic rings. The Hall–Kier alpha value is -9.64. The Morgan fingerprint density at radius 2 is 0.609 bits per heavy atom. The molecule has 28 heteroatoms. The highest BCUT2D eigenvalue weighted by atomic mass is 35.5. The molecule has 16 rings (SSSR count). The smallest absolute Gasteiger partial charge is 0.159 e. The molecule has 8 aromatic heterocycles. The van der Waals surface area contributed by atoms with E-state index in [1.807, 2.05) is 165 Å². The van der Waals surface area contributed by atoms with E-state index < -0.39 is 0 Å². The minimum absolute atomic E-state index is 0. The van der Waals surface area contributed by atoms with Crippen LogP contribution in [0.15, 0.2) is 195 Å². The maximum atomic E-state index is 9.70. The number of pyridine rings is 4. The number of hydrogen-bond donors (Lipinski definition) is 10. The highest BCUT2D eigenvalue weighted by Gasteiger charge is 2.32. The zero-order valence-electron chi connectivity index (χ0n) is 58.9. The van der Waals surface area contributed by atoms with Gasteiger partial charge in [-0.2, -0.15) is 20.4 Å². The topological polar surface area (TPSA) is 302 Å². The zero-order chi connectivity index (χ0) is 73.5. The average Bonchev–Trinajstić information content (AvgIpc) is 1.65. The van der Waals surface area contributed by atoms with E-state index in [0.29, 0.717) is 45.8 Å². The van der Waals surface area contributed by atoms with Gasteiger partial charge in [-0.05, 0) is 133 Å². The van der Waals surface area contributed by atoms with Crippen molar-refractivity contribution in [1.29, 1.82) is 0 Å². The molecular weight excluding hydrogens is 1470 g/mol. The number of hydrogen-bond acceptors (Lipinski definition) is 20. The Balaban J connectivity index is 0.000000167. The van der Waals surface area contributed by atoms with Crippen LogP contribution in [0.25, 0.3) is 89.5 Å². The summed E-state index contributed by atoms with van der Waals surface area (Å²) in [5.41, 5.74) is 28.3. The van der Waals surface area contributed by atoms with Gasteiger partial charge in [0.1, 0.15) is 0 Å². The zero-order valence-corrected chi connectivity index (χ0v) is 61.9. The molecule has 4 saturated heterocycles. The molecule has 110 heavy (non-hydrogen) atoms. The quantitative estimate of drug-likeness (QED) is 0.0430. The Labute approximate surface area is 665 Å². The molecule has 4 aliphatic rings. The van der Waals surface area contributed by atoms with Gasteiger partial charge in [0.15, 0.2) is 23.3 Å². The van der Waals surface area contributed by atoms with Gasteiger partial charge >= 0.3 is 0 Å². The number of halogens is 4. The van der Waals surface area contributed by atoms with Crippen LogP contribution in [0.3, 0.4) is 0 Å². The number of nitrogens with two attached hydrogens (primary N) is 2. The van der Waals surface area contributed by atoms with Gasteiger partial charge in [0.25, 0.3) is 0 Å². The number of likely N-dealkylation sites (N-methyl/N-ethyl adjacent to an activating group) is 2. The number of aromatic amines is 4. The van der Waals surface area contributed by atoms with Crippen molar-refractivity contribution in [3.63, 3.8) is 0 Å². The van der Waals surface area contributed by atoms with Crippen molar-refractivity contribution in [2.24, 2.45) is 11.5 Å². The van der Waals surface area contributed by atoms with Crippen molar-refractivity contribution >= 4 is 69.7 Å². The van der Waals surface area contributed by atoms with E-state index in [4.69, 9.17) is 63.0 Å². The Kier molecular flexibility index (Phi) is 30.9. The van der Waals surface area contributed by atoms with E-state index >= 15 is 0 Å². The van der Waals surface area contributed by atoms with Crippen molar-refractivity contribution in [1.82, 2.24) is 81.2 Å². The lowest BCUT2D eigenvalue weighted by atomic mass is 10.0. The van der Waals surface area contributed by atoms with Crippen LogP contribution in [0.5, 0.6) is 0 Å². The number of aromatic nitrogens is 12. The molecule has 12 N–H and O–H groups in total. The fraction of sp³-hybridized carbons (Fsp3) is 0.317. The summed E-state index contributed by atoms with van der Waals surface area (Å²) in [5, 5.41) is 60.4. The number of aliphatic hydroxyl groups is 2. The lowest BCUT2D eigenvalue weighted by Gasteiger charge is -2.39. The largest absolute Gasteiger partial charge is 0.395 e. The molecule has 0 bridgehead atoms. The molecule has 0 aliphatic carbocycles. The standard InChI is InChI=1S/C20H23ClN6.C20H22ClN5O.C19H21ClN6.C19H20ClN5O.4CH4/c1-26-10-11-27(13-17(26)12-22)20-18(14-6-8-23-9-7-14)19(24-25-20)15-2-4-16(21)5-3-15;1-25-10-11-26(12-17(25)13-27)20-18(14-6-8-22-9-7-14)19(23-24-20)15-2-4-16(21)5-3-15;20-15-3-1-14(2-4-15)18-17(13-5-7-22-8-6-13)19(25-24-18)26-10-9-23-16(11-21)12-26;20-15-3-1-14(2-4-15)18-17(13-5-7-21-8-6-13)19(24-23-18)25-10-9-22-16(11-25)12-26;;;;/h2-9,17H,10-13,22H2,1H3,(H,24,25);2-9,17,27H,10-13H2,1H3,(H,23,24);1-8,16,23H,9-12,21H2,(H,24,25);1-8,16,22,26H,9-12H2,(H,23,24);4*1H4. The number of aliphatic hydroxyl groups excluding tert-OH is 2. The lowest BCUT2D eigenvalue weighted by Crippen LogP contribution is -2.54. The van der Waals surface area contributed by atoms with E-state index in [1.54, 1.807) is 37.2 Å². The van der Waals surface area contributed by atoms with Gasteiger partial charge in [0.05, 0.1) is 64.3 Å². The number of rotatable bonds is 16. The number of anilines is 4. The predicted molar refractivity (Wildman–Crippen MR) is 454 cm³/mol. The number of nitrogens with one attached hydrogen (secondary N) is 6. The van der Waals surface area contributed by atoms with E-state index in [0.717, 1.165) is 185 Å². The highest BCUT2D eigenvalue weighted by molar-refractivity contribution is 6.31. The van der Waals surface area contributed by atoms with Crippen LogP contribution < -0.4 is 41.7 Å². The normalized spacial score (nSPS) is 17.1. The molecule has 0 spiro atoms. The van der Waals surface area contributed by atoms with Crippen LogP contribution in [0.1, 0.15) is 29.7 Å². The summed E-state index contributed by atoms with van der Waals surface area (Å²) in [5.74, 6) is 3.69. The monoisotopic (exact) mass is 1570 g/mol. The first-order chi connectivity index (χ1) is 51.9. The summed E-state index contributed by atoms with van der Waals surface area (Å²) in [6, 6.07) is 47.8. The van der Waals surface area contributed by atoms with Gasteiger partial charge in [-0.1, -0.05) is 125 Å². The highest BCUT2D eigenvalue weighted by Crippen LogP contribution is 2.43. The molecule has 4 unspecified atom stereocenters. The number of nitrogens with zero attached hydrogens (tertiary/aromatic N) is 14. The first-order valence-electron chi connectivity index (χ1n) is 35.3. The molecule has 12 heterocycles. The SMILES string of the molecule is C.C.C.C.CN1CCN(c2n[nH]c(-c3ccc(Cl)cc3)c2-c2ccncc2)CC1CN.CN1CCN(c2n[nH]c(-c3ccc(Cl)cc3)c2-c2ccncc2)CC1CO.NCC1CN(c2n[nH]c(-c3ccc(Cl)cc3)c2-c2ccncc2)CCN1.OCC1CN(c2n[nH]c(-c3ccc(Cl)cc3)c2-c2ccncc2)CCN1. The molecular formula is C82H102Cl4N22O2. The van der Waals surface area contributed by atoms with Crippen LogP contribution in [0, 0.1) is 0 Å². The van der Waals surface area contributed by atoms with Gasteiger partial charge in [-0.3, -0.25) is 50.1 Å². The maximum absolute atomic E-state index is 9.70. The third-order valence-electron chi connectivity index (χ3n) is 19.6. The third-order valence-corrected chi connectivity index (χ3v) is 20.7. The summed E-state index contributed by atoms with van der Waals surface area (Å²) >= 11 is 24.2. The van der Waals surface area contributed by atoms with Crippen LogP contribution in [0.4, 0.5) is 23.3 Å². The van der Waals surface area contributed by atoms with Crippen LogP contribution in [-0.2, 0) is 0 Å². The van der Waals surface area contributed by atoms with E-state index in [9.17, 15) is 10.2 Å².